The Bertz CT molecular complexity index is 1490. The van der Waals surface area contributed by atoms with Crippen LogP contribution >= 0.6 is 0 Å². The van der Waals surface area contributed by atoms with Crippen molar-refractivity contribution in [1.29, 1.82) is 0 Å². The van der Waals surface area contributed by atoms with Crippen LogP contribution in [0.25, 0.3) is 11.3 Å². The first-order chi connectivity index (χ1) is 18.9. The number of carbonyl (C=O) groups is 3. The molecule has 1 amide bonds. The molecule has 0 bridgehead atoms. The van der Waals surface area contributed by atoms with Gasteiger partial charge in [0.05, 0.1) is 11.6 Å². The topological polar surface area (TPSA) is 161 Å². The minimum absolute atomic E-state index is 0.0742. The van der Waals surface area contributed by atoms with Crippen molar-refractivity contribution in [2.24, 2.45) is 23.5 Å². The molecule has 6 rings (SSSR count). The molecule has 0 radical (unpaired) electrons. The van der Waals surface area contributed by atoms with Crippen molar-refractivity contribution < 1.29 is 34.8 Å². The number of ketones is 2. The number of aliphatic hydroxyl groups is 3. The Morgan fingerprint density at radius 1 is 1.12 bits per heavy atom. The van der Waals surface area contributed by atoms with Crippen molar-refractivity contribution in [1.82, 2.24) is 4.90 Å². The summed E-state index contributed by atoms with van der Waals surface area (Å²) in [6.45, 7) is 0. The Balaban J connectivity index is 1.43. The average Bonchev–Trinajstić information content (AvgIpc) is 3.60. The predicted octanol–water partition coefficient (Wildman–Crippen LogP) is 2.87. The highest BCUT2D eigenvalue weighted by Crippen LogP contribution is 2.53. The van der Waals surface area contributed by atoms with E-state index in [4.69, 9.17) is 5.73 Å². The van der Waals surface area contributed by atoms with E-state index in [1.54, 1.807) is 14.1 Å². The summed E-state index contributed by atoms with van der Waals surface area (Å²) in [6.07, 6.45) is 10.2. The van der Waals surface area contributed by atoms with Crippen LogP contribution in [0.1, 0.15) is 55.2 Å². The third kappa shape index (κ3) is 3.78. The Morgan fingerprint density at radius 2 is 1.85 bits per heavy atom. The van der Waals surface area contributed by atoms with Crippen LogP contribution in [0.5, 0.6) is 5.75 Å². The molecule has 9 nitrogen and oxygen atoms in total. The van der Waals surface area contributed by atoms with Crippen LogP contribution in [0.3, 0.4) is 0 Å². The van der Waals surface area contributed by atoms with Gasteiger partial charge in [-0.1, -0.05) is 36.6 Å². The molecule has 1 aromatic rings. The molecule has 4 atom stereocenters. The predicted molar refractivity (Wildman–Crippen MR) is 147 cm³/mol. The number of phenols is 1. The molecule has 210 valence electrons. The highest BCUT2D eigenvalue weighted by molar-refractivity contribution is 6.24. The van der Waals surface area contributed by atoms with Gasteiger partial charge >= 0.3 is 0 Å². The largest absolute Gasteiger partial charge is 0.508 e. The Labute approximate surface area is 232 Å². The lowest BCUT2D eigenvalue weighted by Crippen LogP contribution is -2.65. The number of carbonyl (C=O) groups excluding carboxylic acids is 3. The maximum absolute atomic E-state index is 14.0. The zero-order valence-electron chi connectivity index (χ0n) is 22.6. The summed E-state index contributed by atoms with van der Waals surface area (Å²) in [5, 5.41) is 45.0. The monoisotopic (exact) mass is 546 g/mol. The minimum atomic E-state index is -2.63. The SMILES string of the molecule is CN(C)[C@H]1C(=O)C(C(N)=O)=C(O)[C@]2(O)C(=O)C3=C(O)c4c(O)ccc(C5=CC=C(CCC6CC6)C5)c4C[C@@H]3C[C@H]12. The van der Waals surface area contributed by atoms with E-state index in [0.29, 0.717) is 5.56 Å². The molecule has 0 aliphatic heterocycles. The first-order valence-electron chi connectivity index (χ1n) is 13.8. The molecule has 9 heteroatoms. The fourth-order valence-corrected chi connectivity index (χ4v) is 7.28. The molecule has 5 aliphatic carbocycles. The van der Waals surface area contributed by atoms with Crippen molar-refractivity contribution in [3.05, 3.63) is 63.5 Å². The minimum Gasteiger partial charge on any atom is -0.508 e. The maximum Gasteiger partial charge on any atom is 0.255 e. The third-order valence-electron chi connectivity index (χ3n) is 9.46. The van der Waals surface area contributed by atoms with E-state index in [1.807, 2.05) is 6.07 Å². The number of phenolic OH excluding ortho intramolecular Hbond substituents is 1. The lowest BCUT2D eigenvalue weighted by Gasteiger charge is -2.50. The van der Waals surface area contributed by atoms with Crippen molar-refractivity contribution >= 4 is 28.8 Å². The Hall–Kier alpha value is -3.69. The van der Waals surface area contributed by atoms with E-state index in [2.05, 4.69) is 12.2 Å². The number of likely N-dealkylation sites (N-methyl/N-ethyl adjacent to an activating group) is 1. The van der Waals surface area contributed by atoms with E-state index < -0.39 is 58.0 Å². The number of amides is 1. The Morgan fingerprint density at radius 3 is 2.50 bits per heavy atom. The van der Waals surface area contributed by atoms with E-state index >= 15 is 0 Å². The van der Waals surface area contributed by atoms with Gasteiger partial charge in [-0.15, -0.1) is 0 Å². The molecule has 0 unspecified atom stereocenters. The average molecular weight is 547 g/mol. The molecular weight excluding hydrogens is 512 g/mol. The van der Waals surface area contributed by atoms with Gasteiger partial charge in [-0.25, -0.2) is 0 Å². The smallest absolute Gasteiger partial charge is 0.255 e. The van der Waals surface area contributed by atoms with Crippen molar-refractivity contribution in [2.75, 3.05) is 14.1 Å². The van der Waals surface area contributed by atoms with Crippen LogP contribution in [0.4, 0.5) is 0 Å². The van der Waals surface area contributed by atoms with Gasteiger partial charge in [0, 0.05) is 11.5 Å². The second kappa shape index (κ2) is 9.17. The summed E-state index contributed by atoms with van der Waals surface area (Å²) >= 11 is 0. The van der Waals surface area contributed by atoms with E-state index in [0.717, 1.165) is 29.9 Å². The number of Topliss-reactive ketones (excluding diaryl/α,β-unsaturated/α-hetero) is 2. The lowest BCUT2D eigenvalue weighted by molar-refractivity contribution is -0.153. The molecule has 40 heavy (non-hydrogen) atoms. The van der Waals surface area contributed by atoms with Gasteiger partial charge in [0.2, 0.25) is 5.78 Å². The molecule has 5 aliphatic rings. The van der Waals surface area contributed by atoms with Gasteiger partial charge < -0.3 is 26.2 Å². The van der Waals surface area contributed by atoms with Crippen molar-refractivity contribution in [3.63, 3.8) is 0 Å². The quantitative estimate of drug-likeness (QED) is 0.340. The maximum atomic E-state index is 14.0. The molecule has 0 saturated heterocycles. The van der Waals surface area contributed by atoms with E-state index in [1.165, 1.54) is 35.8 Å². The molecule has 2 saturated carbocycles. The van der Waals surface area contributed by atoms with Crippen LogP contribution in [0, 0.1) is 17.8 Å². The molecule has 6 N–H and O–H groups in total. The molecule has 1 aromatic carbocycles. The number of nitrogens with two attached hydrogens (primary N) is 1. The molecular formula is C31H34N2O7. The Kier molecular flexibility index (Phi) is 6.08. The van der Waals surface area contributed by atoms with Gasteiger partial charge in [0.1, 0.15) is 22.8 Å². The van der Waals surface area contributed by atoms with Crippen molar-refractivity contribution in [2.45, 2.75) is 56.6 Å². The van der Waals surface area contributed by atoms with Crippen LogP contribution in [-0.2, 0) is 20.8 Å². The number of allylic oxidation sites excluding steroid dienone is 4. The van der Waals surface area contributed by atoms with E-state index in [9.17, 15) is 34.8 Å². The molecule has 2 fully saturated rings. The summed E-state index contributed by atoms with van der Waals surface area (Å²) in [5.74, 6) is -5.60. The first kappa shape index (κ1) is 26.5. The number of rotatable bonds is 6. The normalized spacial score (nSPS) is 29.8. The zero-order valence-corrected chi connectivity index (χ0v) is 22.6. The summed E-state index contributed by atoms with van der Waals surface area (Å²) in [5.41, 5.74) is 5.92. The highest BCUT2D eigenvalue weighted by Gasteiger charge is 2.64. The van der Waals surface area contributed by atoms with Gasteiger partial charge in [-0.3, -0.25) is 19.3 Å². The summed E-state index contributed by atoms with van der Waals surface area (Å²) in [4.78, 5) is 40.9. The number of fused-ring (bicyclic) bond motifs is 3. The summed E-state index contributed by atoms with van der Waals surface area (Å²) < 4.78 is 0. The van der Waals surface area contributed by atoms with Gasteiger partial charge in [0.25, 0.3) is 5.91 Å². The van der Waals surface area contributed by atoms with Crippen molar-refractivity contribution in [3.8, 4) is 5.75 Å². The van der Waals surface area contributed by atoms with Crippen LogP contribution in [0.2, 0.25) is 0 Å². The van der Waals surface area contributed by atoms with Gasteiger partial charge in [0.15, 0.2) is 11.4 Å². The number of primary amides is 1. The third-order valence-corrected chi connectivity index (χ3v) is 9.46. The second-order valence-electron chi connectivity index (χ2n) is 12.1. The van der Waals surface area contributed by atoms with Crippen LogP contribution in [-0.4, -0.2) is 68.5 Å². The fourth-order valence-electron chi connectivity index (χ4n) is 7.28. The number of aromatic hydroxyl groups is 1. The number of aliphatic hydroxyl groups excluding tert-OH is 2. The molecule has 0 aromatic heterocycles. The number of hydrogen-bond donors (Lipinski definition) is 5. The van der Waals surface area contributed by atoms with Gasteiger partial charge in [-0.05, 0) is 80.8 Å². The standard InChI is InChI=1S/C31H34N2O7/c1-33(2)25-20-13-17-12-19-18(16-8-7-15(11-16)6-5-14-3-4-14)9-10-21(34)23(19)26(35)22(17)28(37)31(20,40)29(38)24(27(25)36)30(32)39/h7-10,14,17,20,25,34-35,38,40H,3-6,11-13H2,1-2H3,(H2,32,39)/t17-,20-,25-,31-/m1/s1. The fraction of sp³-hybridized carbons (Fsp3) is 0.452. The highest BCUT2D eigenvalue weighted by atomic mass is 16.3. The molecule has 0 spiro atoms. The number of hydrogen-bond acceptors (Lipinski definition) is 8. The number of benzene rings is 1. The first-order valence-corrected chi connectivity index (χ1v) is 13.8. The number of nitrogens with zero attached hydrogens (tertiary/aromatic N) is 1. The summed E-state index contributed by atoms with van der Waals surface area (Å²) in [7, 11) is 3.17. The van der Waals surface area contributed by atoms with Crippen LogP contribution in [0.15, 0.2) is 46.8 Å². The second-order valence-corrected chi connectivity index (χ2v) is 12.1. The van der Waals surface area contributed by atoms with Crippen LogP contribution < -0.4 is 5.73 Å². The zero-order chi connectivity index (χ0) is 28.7. The molecule has 0 heterocycles. The summed E-state index contributed by atoms with van der Waals surface area (Å²) in [6, 6.07) is 2.22. The van der Waals surface area contributed by atoms with E-state index in [-0.39, 0.29) is 29.7 Å². The lowest BCUT2D eigenvalue weighted by atomic mass is 9.57. The van der Waals surface area contributed by atoms with Gasteiger partial charge in [-0.2, -0.15) is 0 Å².